The maximum atomic E-state index is 12.7. The van der Waals surface area contributed by atoms with E-state index in [0.717, 1.165) is 11.1 Å². The summed E-state index contributed by atoms with van der Waals surface area (Å²) in [6.07, 6.45) is 3.30. The molecule has 0 saturated heterocycles. The van der Waals surface area contributed by atoms with E-state index in [4.69, 9.17) is 0 Å². The van der Waals surface area contributed by atoms with E-state index < -0.39 is 16.1 Å². The SMILES string of the molecule is O=C(NCCS(=O)(=O)NCc1ccccc1)C(c1ccccc1)n1cccn1. The average Bonchev–Trinajstić information content (AvgIpc) is 3.22. The first-order valence-electron chi connectivity index (χ1n) is 8.88. The second-order valence-electron chi connectivity index (χ2n) is 6.22. The van der Waals surface area contributed by atoms with Gasteiger partial charge in [-0.3, -0.25) is 9.48 Å². The lowest BCUT2D eigenvalue weighted by Crippen LogP contribution is -2.38. The molecule has 8 heteroatoms. The lowest BCUT2D eigenvalue weighted by atomic mass is 10.1. The molecule has 1 heterocycles. The van der Waals surface area contributed by atoms with Gasteiger partial charge in [-0.1, -0.05) is 60.7 Å². The van der Waals surface area contributed by atoms with Gasteiger partial charge in [0.1, 0.15) is 0 Å². The van der Waals surface area contributed by atoms with Gasteiger partial charge in [-0.15, -0.1) is 0 Å². The summed E-state index contributed by atoms with van der Waals surface area (Å²) >= 11 is 0. The van der Waals surface area contributed by atoms with Crippen LogP contribution in [0.3, 0.4) is 0 Å². The van der Waals surface area contributed by atoms with Crippen LogP contribution in [0.25, 0.3) is 0 Å². The number of hydrogen-bond acceptors (Lipinski definition) is 4. The molecular weight excluding hydrogens is 376 g/mol. The van der Waals surface area contributed by atoms with Crippen LogP contribution >= 0.6 is 0 Å². The lowest BCUT2D eigenvalue weighted by Gasteiger charge is -2.18. The van der Waals surface area contributed by atoms with Crippen molar-refractivity contribution in [3.05, 3.63) is 90.3 Å². The molecular formula is C20H22N4O3S. The van der Waals surface area contributed by atoms with E-state index in [2.05, 4.69) is 15.1 Å². The Balaban J connectivity index is 1.57. The third kappa shape index (κ3) is 5.51. The Labute approximate surface area is 164 Å². The maximum Gasteiger partial charge on any atom is 0.249 e. The van der Waals surface area contributed by atoms with Crippen molar-refractivity contribution < 1.29 is 13.2 Å². The van der Waals surface area contributed by atoms with E-state index >= 15 is 0 Å². The van der Waals surface area contributed by atoms with Gasteiger partial charge in [-0.25, -0.2) is 13.1 Å². The standard InChI is InChI=1S/C20H22N4O3S/c25-20(19(24-14-7-12-22-24)18-10-5-2-6-11-18)21-13-15-28(26,27)23-16-17-8-3-1-4-9-17/h1-12,14,19,23H,13,15-16H2,(H,21,25). The van der Waals surface area contributed by atoms with Gasteiger partial charge in [-0.2, -0.15) is 5.10 Å². The first-order valence-corrected chi connectivity index (χ1v) is 10.5. The Morgan fingerprint density at radius 2 is 1.68 bits per heavy atom. The van der Waals surface area contributed by atoms with Crippen molar-refractivity contribution in [3.63, 3.8) is 0 Å². The zero-order valence-corrected chi connectivity index (χ0v) is 16.0. The monoisotopic (exact) mass is 398 g/mol. The summed E-state index contributed by atoms with van der Waals surface area (Å²) in [6.45, 7) is 0.227. The summed E-state index contributed by atoms with van der Waals surface area (Å²) in [6, 6.07) is 19.6. The van der Waals surface area contributed by atoms with Crippen LogP contribution in [0.5, 0.6) is 0 Å². The number of carbonyl (C=O) groups excluding carboxylic acids is 1. The third-order valence-electron chi connectivity index (χ3n) is 4.16. The number of benzene rings is 2. The van der Waals surface area contributed by atoms with Gasteiger partial charge in [0.2, 0.25) is 15.9 Å². The minimum absolute atomic E-state index is 0.00750. The van der Waals surface area contributed by atoms with Crippen LogP contribution in [0.4, 0.5) is 0 Å². The van der Waals surface area contributed by atoms with Gasteiger partial charge < -0.3 is 5.32 Å². The molecule has 0 saturated carbocycles. The molecule has 28 heavy (non-hydrogen) atoms. The second kappa shape index (κ2) is 9.29. The molecule has 0 fully saturated rings. The van der Waals surface area contributed by atoms with Crippen LogP contribution in [0.2, 0.25) is 0 Å². The Kier molecular flexibility index (Phi) is 6.57. The van der Waals surface area contributed by atoms with Crippen molar-refractivity contribution >= 4 is 15.9 Å². The van der Waals surface area contributed by atoms with Crippen molar-refractivity contribution in [3.8, 4) is 0 Å². The van der Waals surface area contributed by atoms with Crippen molar-refractivity contribution in [2.45, 2.75) is 12.6 Å². The number of aromatic nitrogens is 2. The van der Waals surface area contributed by atoms with Gasteiger partial charge >= 0.3 is 0 Å². The molecule has 3 aromatic rings. The molecule has 3 rings (SSSR count). The molecule has 0 radical (unpaired) electrons. The molecule has 2 N–H and O–H groups in total. The first kappa shape index (κ1) is 19.8. The Morgan fingerprint density at radius 1 is 1.00 bits per heavy atom. The molecule has 0 aliphatic carbocycles. The molecule has 2 aromatic carbocycles. The largest absolute Gasteiger partial charge is 0.353 e. The summed E-state index contributed by atoms with van der Waals surface area (Å²) in [7, 11) is -3.51. The number of hydrogen-bond donors (Lipinski definition) is 2. The number of sulfonamides is 1. The highest BCUT2D eigenvalue weighted by atomic mass is 32.2. The van der Waals surface area contributed by atoms with Crippen LogP contribution in [0, 0.1) is 0 Å². The summed E-state index contributed by atoms with van der Waals surface area (Å²) in [5.41, 5.74) is 1.65. The van der Waals surface area contributed by atoms with E-state index in [0.29, 0.717) is 0 Å². The highest BCUT2D eigenvalue weighted by Gasteiger charge is 2.23. The molecule has 1 unspecified atom stereocenters. The third-order valence-corrected chi connectivity index (χ3v) is 5.49. The predicted octanol–water partition coefficient (Wildman–Crippen LogP) is 1.71. The van der Waals surface area contributed by atoms with Crippen molar-refractivity contribution in [1.29, 1.82) is 0 Å². The van der Waals surface area contributed by atoms with Crippen LogP contribution in [-0.4, -0.2) is 36.4 Å². The van der Waals surface area contributed by atoms with Crippen LogP contribution in [-0.2, 0) is 21.4 Å². The summed E-state index contributed by atoms with van der Waals surface area (Å²) in [5.74, 6) is -0.514. The van der Waals surface area contributed by atoms with Crippen molar-refractivity contribution in [2.75, 3.05) is 12.3 Å². The van der Waals surface area contributed by atoms with E-state index in [-0.39, 0.29) is 24.7 Å². The Morgan fingerprint density at radius 3 is 2.32 bits per heavy atom. The lowest BCUT2D eigenvalue weighted by molar-refractivity contribution is -0.123. The van der Waals surface area contributed by atoms with E-state index in [1.165, 1.54) is 0 Å². The van der Waals surface area contributed by atoms with E-state index in [1.54, 1.807) is 23.1 Å². The summed E-state index contributed by atoms with van der Waals surface area (Å²) in [4.78, 5) is 12.7. The second-order valence-corrected chi connectivity index (χ2v) is 8.14. The number of nitrogens with zero attached hydrogens (tertiary/aromatic N) is 2. The molecule has 1 amide bonds. The fourth-order valence-electron chi connectivity index (χ4n) is 2.76. The maximum absolute atomic E-state index is 12.7. The minimum atomic E-state index is -3.51. The molecule has 0 spiro atoms. The molecule has 146 valence electrons. The number of amides is 1. The number of rotatable bonds is 9. The fraction of sp³-hybridized carbons (Fsp3) is 0.200. The molecule has 0 bridgehead atoms. The van der Waals surface area contributed by atoms with E-state index in [9.17, 15) is 13.2 Å². The molecule has 1 atom stereocenters. The number of nitrogens with one attached hydrogen (secondary N) is 2. The first-order chi connectivity index (χ1) is 13.6. The molecule has 0 aliphatic heterocycles. The normalized spacial score (nSPS) is 12.4. The van der Waals surface area contributed by atoms with Crippen molar-refractivity contribution in [1.82, 2.24) is 19.8 Å². The molecule has 0 aliphatic rings. The Hall–Kier alpha value is -2.97. The zero-order valence-electron chi connectivity index (χ0n) is 15.2. The fourth-order valence-corrected chi connectivity index (χ4v) is 3.66. The van der Waals surface area contributed by atoms with Crippen LogP contribution < -0.4 is 10.0 Å². The van der Waals surface area contributed by atoms with Gasteiger partial charge in [0.05, 0.1) is 5.75 Å². The predicted molar refractivity (Wildman–Crippen MR) is 107 cm³/mol. The smallest absolute Gasteiger partial charge is 0.249 e. The quantitative estimate of drug-likeness (QED) is 0.574. The number of carbonyl (C=O) groups is 1. The van der Waals surface area contributed by atoms with Gasteiger partial charge in [0.15, 0.2) is 6.04 Å². The summed E-state index contributed by atoms with van der Waals surface area (Å²) in [5, 5.41) is 6.86. The molecule has 7 nitrogen and oxygen atoms in total. The topological polar surface area (TPSA) is 93.1 Å². The van der Waals surface area contributed by atoms with Gasteiger partial charge in [-0.05, 0) is 17.2 Å². The van der Waals surface area contributed by atoms with E-state index in [1.807, 2.05) is 60.7 Å². The Bertz CT molecular complexity index is 975. The van der Waals surface area contributed by atoms with Gasteiger partial charge in [0, 0.05) is 25.5 Å². The van der Waals surface area contributed by atoms with Crippen LogP contribution in [0.15, 0.2) is 79.1 Å². The van der Waals surface area contributed by atoms with Gasteiger partial charge in [0.25, 0.3) is 0 Å². The van der Waals surface area contributed by atoms with Crippen LogP contribution in [0.1, 0.15) is 17.2 Å². The highest BCUT2D eigenvalue weighted by Crippen LogP contribution is 2.17. The molecule has 1 aromatic heterocycles. The summed E-state index contributed by atoms with van der Waals surface area (Å²) < 4.78 is 28.4. The van der Waals surface area contributed by atoms with Crippen molar-refractivity contribution in [2.24, 2.45) is 0 Å². The average molecular weight is 398 g/mol. The minimum Gasteiger partial charge on any atom is -0.353 e. The highest BCUT2D eigenvalue weighted by molar-refractivity contribution is 7.89. The zero-order chi connectivity index (χ0) is 19.8.